The fourth-order valence-electron chi connectivity index (χ4n) is 3.52. The molecule has 0 spiro atoms. The lowest BCUT2D eigenvalue weighted by atomic mass is 10.1. The fourth-order valence-corrected chi connectivity index (χ4v) is 5.83. The van der Waals surface area contributed by atoms with Crippen molar-refractivity contribution >= 4 is 80.3 Å². The van der Waals surface area contributed by atoms with Crippen LogP contribution in [0.5, 0.6) is 0 Å². The van der Waals surface area contributed by atoms with E-state index >= 15 is 0 Å². The molecule has 0 radical (unpaired) electrons. The van der Waals surface area contributed by atoms with E-state index in [4.69, 9.17) is 4.99 Å². The highest BCUT2D eigenvalue weighted by atomic mass is 79.9. The number of aliphatic imine (C=N–C) groups is 2. The van der Waals surface area contributed by atoms with Gasteiger partial charge in [0.05, 0.1) is 12.6 Å². The van der Waals surface area contributed by atoms with Gasteiger partial charge in [-0.15, -0.1) is 24.8 Å². The average Bonchev–Trinajstić information content (AvgIpc) is 3.27. The molecule has 9 heteroatoms. The van der Waals surface area contributed by atoms with Gasteiger partial charge in [0.1, 0.15) is 0 Å². The van der Waals surface area contributed by atoms with Crippen molar-refractivity contribution in [3.05, 3.63) is 75.2 Å². The number of nitrogens with one attached hydrogen (secondary N) is 1. The van der Waals surface area contributed by atoms with Crippen LogP contribution in [0.1, 0.15) is 11.1 Å². The number of rotatable bonds is 4. The van der Waals surface area contributed by atoms with Gasteiger partial charge >= 0.3 is 0 Å². The molecule has 1 N–H and O–H groups in total. The molecule has 0 aliphatic carbocycles. The van der Waals surface area contributed by atoms with Crippen molar-refractivity contribution in [1.29, 1.82) is 0 Å². The van der Waals surface area contributed by atoms with Gasteiger partial charge in [-0.05, 0) is 35.1 Å². The number of nitrogens with zero attached hydrogens (tertiary/aromatic N) is 3. The third-order valence-corrected chi connectivity index (χ3v) is 7.31. The summed E-state index contributed by atoms with van der Waals surface area (Å²) in [5.41, 5.74) is 5.07. The number of hydrogen-bond acceptors (Lipinski definition) is 6. The molecule has 3 aliphatic heterocycles. The predicted octanol–water partition coefficient (Wildman–Crippen LogP) is 6.18. The Morgan fingerprint density at radius 2 is 2.00 bits per heavy atom. The van der Waals surface area contributed by atoms with Crippen LogP contribution in [-0.2, 0) is 13.0 Å². The lowest BCUT2D eigenvalue weighted by Gasteiger charge is -2.21. The van der Waals surface area contributed by atoms with Gasteiger partial charge in [0, 0.05) is 28.2 Å². The first kappa shape index (κ1) is 23.5. The number of amidine groups is 2. The Morgan fingerprint density at radius 1 is 1.17 bits per heavy atom. The minimum atomic E-state index is 0. The van der Waals surface area contributed by atoms with Crippen LogP contribution in [0.3, 0.4) is 0 Å². The van der Waals surface area contributed by atoms with Crippen molar-refractivity contribution < 1.29 is 0 Å². The average molecular weight is 544 g/mol. The second-order valence-corrected chi connectivity index (χ2v) is 9.65. The molecule has 0 saturated heterocycles. The molecule has 1 unspecified atom stereocenters. The number of thioether (sulfide) groups is 2. The van der Waals surface area contributed by atoms with Crippen LogP contribution >= 0.6 is 64.3 Å². The normalized spacial score (nSPS) is 18.8. The number of hydrogen-bond donors (Lipinski definition) is 1. The molecule has 5 rings (SSSR count). The molecule has 0 amide bonds. The first-order chi connectivity index (χ1) is 13.7. The van der Waals surface area contributed by atoms with E-state index in [2.05, 4.69) is 85.1 Å². The van der Waals surface area contributed by atoms with E-state index in [0.717, 1.165) is 45.8 Å². The highest BCUT2D eigenvalue weighted by Crippen LogP contribution is 2.35. The minimum absolute atomic E-state index is 0. The van der Waals surface area contributed by atoms with E-state index < -0.39 is 0 Å². The van der Waals surface area contributed by atoms with E-state index in [9.17, 15) is 0 Å². The summed E-state index contributed by atoms with van der Waals surface area (Å²) >= 11 is 7.05. The van der Waals surface area contributed by atoms with Gasteiger partial charge in [-0.25, -0.2) is 0 Å². The first-order valence-corrected chi connectivity index (χ1v) is 11.9. The summed E-state index contributed by atoms with van der Waals surface area (Å²) < 4.78 is 1.09. The van der Waals surface area contributed by atoms with E-state index in [0.29, 0.717) is 6.04 Å². The van der Waals surface area contributed by atoms with Crippen LogP contribution in [0.2, 0.25) is 0 Å². The highest BCUT2D eigenvalue weighted by Gasteiger charge is 2.32. The SMILES string of the molecule is Brc1ccc2c(c1)NC(SCC1=CSC3=NC(Cc4ccccc4)CN13)=NC2.Cl.Cl. The number of halogens is 3. The van der Waals surface area contributed by atoms with Gasteiger partial charge in [0.15, 0.2) is 10.3 Å². The second-order valence-electron chi connectivity index (χ2n) is 6.93. The fraction of sp³-hybridized carbons (Fsp3) is 0.238. The molecule has 3 aliphatic rings. The van der Waals surface area contributed by atoms with E-state index in [-0.39, 0.29) is 24.8 Å². The minimum Gasteiger partial charge on any atom is -0.335 e. The summed E-state index contributed by atoms with van der Waals surface area (Å²) in [5, 5.41) is 7.83. The molecular formula is C21H21BrCl2N4S2. The summed E-state index contributed by atoms with van der Waals surface area (Å²) in [6, 6.07) is 17.3. The van der Waals surface area contributed by atoms with Gasteiger partial charge < -0.3 is 10.2 Å². The Kier molecular flexibility index (Phi) is 8.21. The molecule has 0 fully saturated rings. The zero-order valence-electron chi connectivity index (χ0n) is 16.0. The maximum atomic E-state index is 4.92. The smallest absolute Gasteiger partial charge is 0.168 e. The number of anilines is 1. The summed E-state index contributed by atoms with van der Waals surface area (Å²) in [6.45, 7) is 1.71. The lowest BCUT2D eigenvalue weighted by molar-refractivity contribution is 0.512. The summed E-state index contributed by atoms with van der Waals surface area (Å²) in [7, 11) is 0. The summed E-state index contributed by atoms with van der Waals surface area (Å²) in [5.74, 6) is 0.902. The van der Waals surface area contributed by atoms with Gasteiger partial charge in [0.2, 0.25) is 0 Å². The Balaban J connectivity index is 0.00000128. The summed E-state index contributed by atoms with van der Waals surface area (Å²) in [6.07, 6.45) is 1.00. The van der Waals surface area contributed by atoms with Crippen molar-refractivity contribution in [3.8, 4) is 0 Å². The molecule has 4 nitrogen and oxygen atoms in total. The molecule has 2 aromatic rings. The molecular weight excluding hydrogens is 523 g/mol. The topological polar surface area (TPSA) is 40.0 Å². The Hall–Kier alpha value is -1.12. The molecule has 30 heavy (non-hydrogen) atoms. The third kappa shape index (κ3) is 5.19. The molecule has 1 atom stereocenters. The molecule has 0 aromatic heterocycles. The monoisotopic (exact) mass is 542 g/mol. The standard InChI is InChI=1S/C21H19BrN4S2.2ClH/c22-16-7-6-15-10-23-20(25-19(15)9-16)27-12-18-13-28-21-24-17(11-26(18)21)8-14-4-2-1-3-5-14;;/h1-7,9,13,17H,8,10-12H2,(H,23,25);2*1H. The molecule has 158 valence electrons. The van der Waals surface area contributed by atoms with Crippen LogP contribution in [0.25, 0.3) is 0 Å². The highest BCUT2D eigenvalue weighted by molar-refractivity contribution is 9.10. The van der Waals surface area contributed by atoms with Crippen molar-refractivity contribution in [2.75, 3.05) is 17.6 Å². The first-order valence-electron chi connectivity index (χ1n) is 9.22. The Bertz CT molecular complexity index is 998. The molecule has 0 bridgehead atoms. The maximum Gasteiger partial charge on any atom is 0.168 e. The van der Waals surface area contributed by atoms with Crippen molar-refractivity contribution in [2.45, 2.75) is 19.0 Å². The van der Waals surface area contributed by atoms with E-state index in [1.54, 1.807) is 23.5 Å². The van der Waals surface area contributed by atoms with Gasteiger partial charge in [0.25, 0.3) is 0 Å². The zero-order chi connectivity index (χ0) is 18.9. The molecule has 3 heterocycles. The largest absolute Gasteiger partial charge is 0.335 e. The van der Waals surface area contributed by atoms with Crippen LogP contribution in [0.15, 0.2) is 74.1 Å². The van der Waals surface area contributed by atoms with Gasteiger partial charge in [-0.3, -0.25) is 9.98 Å². The Labute approximate surface area is 206 Å². The van der Waals surface area contributed by atoms with Crippen molar-refractivity contribution in [2.24, 2.45) is 9.98 Å². The van der Waals surface area contributed by atoms with Crippen LogP contribution < -0.4 is 5.32 Å². The van der Waals surface area contributed by atoms with Gasteiger partial charge in [-0.1, -0.05) is 75.9 Å². The quantitative estimate of drug-likeness (QED) is 0.500. The number of benzene rings is 2. The van der Waals surface area contributed by atoms with Crippen LogP contribution in [-0.4, -0.2) is 33.6 Å². The van der Waals surface area contributed by atoms with Crippen LogP contribution in [0, 0.1) is 0 Å². The Morgan fingerprint density at radius 3 is 2.83 bits per heavy atom. The summed E-state index contributed by atoms with van der Waals surface area (Å²) in [4.78, 5) is 12.0. The lowest BCUT2D eigenvalue weighted by Crippen LogP contribution is -2.26. The van der Waals surface area contributed by atoms with E-state index in [1.165, 1.54) is 16.8 Å². The van der Waals surface area contributed by atoms with Gasteiger partial charge in [-0.2, -0.15) is 0 Å². The van der Waals surface area contributed by atoms with Crippen molar-refractivity contribution in [3.63, 3.8) is 0 Å². The third-order valence-electron chi connectivity index (χ3n) is 4.94. The second kappa shape index (κ2) is 10.5. The van der Waals surface area contributed by atoms with Crippen LogP contribution in [0.4, 0.5) is 5.69 Å². The van der Waals surface area contributed by atoms with E-state index in [1.807, 2.05) is 0 Å². The van der Waals surface area contributed by atoms with Crippen molar-refractivity contribution in [1.82, 2.24) is 4.90 Å². The molecule has 2 aromatic carbocycles. The maximum absolute atomic E-state index is 4.92. The molecule has 0 saturated carbocycles. The zero-order valence-corrected chi connectivity index (χ0v) is 20.8. The number of fused-ring (bicyclic) bond motifs is 2. The predicted molar refractivity (Wildman–Crippen MR) is 140 cm³/mol.